The Bertz CT molecular complexity index is 409. The van der Waals surface area contributed by atoms with Crippen LogP contribution in [-0.2, 0) is 4.79 Å². The number of quaternary nitrogens is 1. The molecule has 0 bridgehead atoms. The van der Waals surface area contributed by atoms with Crippen molar-refractivity contribution in [2.45, 2.75) is 26.7 Å². The highest BCUT2D eigenvalue weighted by Gasteiger charge is 2.18. The largest absolute Gasteiger partial charge is 0.327 e. The van der Waals surface area contributed by atoms with Crippen molar-refractivity contribution in [1.82, 2.24) is 0 Å². The van der Waals surface area contributed by atoms with Gasteiger partial charge in [-0.1, -0.05) is 17.7 Å². The SMILES string of the molecule is Cc1ccc(NC(=O)C[NH+]2CCCC2)c(C)c1. The van der Waals surface area contributed by atoms with Gasteiger partial charge < -0.3 is 10.2 Å². The van der Waals surface area contributed by atoms with E-state index < -0.39 is 0 Å². The van der Waals surface area contributed by atoms with Gasteiger partial charge in [0, 0.05) is 18.5 Å². The van der Waals surface area contributed by atoms with E-state index in [-0.39, 0.29) is 5.91 Å². The molecule has 3 heteroatoms. The van der Waals surface area contributed by atoms with Crippen molar-refractivity contribution in [3.05, 3.63) is 29.3 Å². The number of nitrogens with one attached hydrogen (secondary N) is 2. The monoisotopic (exact) mass is 233 g/mol. The minimum absolute atomic E-state index is 0.133. The zero-order chi connectivity index (χ0) is 12.3. The molecule has 1 aromatic carbocycles. The fourth-order valence-electron chi connectivity index (χ4n) is 2.43. The summed E-state index contributed by atoms with van der Waals surface area (Å²) in [6.45, 7) is 6.98. The van der Waals surface area contributed by atoms with Crippen LogP contribution in [0.1, 0.15) is 24.0 Å². The van der Waals surface area contributed by atoms with Crippen LogP contribution < -0.4 is 10.2 Å². The smallest absolute Gasteiger partial charge is 0.279 e. The fourth-order valence-corrected chi connectivity index (χ4v) is 2.43. The topological polar surface area (TPSA) is 33.5 Å². The van der Waals surface area contributed by atoms with Crippen LogP contribution in [0.2, 0.25) is 0 Å². The van der Waals surface area contributed by atoms with Crippen LogP contribution >= 0.6 is 0 Å². The second kappa shape index (κ2) is 5.32. The van der Waals surface area contributed by atoms with E-state index in [1.807, 2.05) is 19.1 Å². The van der Waals surface area contributed by atoms with Crippen LogP contribution in [0.25, 0.3) is 0 Å². The summed E-state index contributed by atoms with van der Waals surface area (Å²) < 4.78 is 0. The third kappa shape index (κ3) is 3.30. The van der Waals surface area contributed by atoms with Crippen molar-refractivity contribution in [3.8, 4) is 0 Å². The van der Waals surface area contributed by atoms with Crippen LogP contribution in [0, 0.1) is 13.8 Å². The van der Waals surface area contributed by atoms with Crippen molar-refractivity contribution in [2.75, 3.05) is 25.0 Å². The van der Waals surface area contributed by atoms with E-state index in [4.69, 9.17) is 0 Å². The zero-order valence-corrected chi connectivity index (χ0v) is 10.7. The maximum absolute atomic E-state index is 11.9. The van der Waals surface area contributed by atoms with E-state index in [0.717, 1.165) is 24.3 Å². The van der Waals surface area contributed by atoms with Gasteiger partial charge in [-0.25, -0.2) is 0 Å². The number of rotatable bonds is 3. The van der Waals surface area contributed by atoms with E-state index in [1.165, 1.54) is 23.3 Å². The molecule has 1 aliphatic heterocycles. The minimum Gasteiger partial charge on any atom is -0.327 e. The molecule has 0 aromatic heterocycles. The molecule has 1 amide bonds. The van der Waals surface area contributed by atoms with Crippen molar-refractivity contribution >= 4 is 11.6 Å². The molecule has 0 aliphatic carbocycles. The molecule has 1 heterocycles. The van der Waals surface area contributed by atoms with E-state index >= 15 is 0 Å². The third-order valence-electron chi connectivity index (χ3n) is 3.38. The van der Waals surface area contributed by atoms with Crippen molar-refractivity contribution in [3.63, 3.8) is 0 Å². The van der Waals surface area contributed by atoms with Crippen molar-refractivity contribution < 1.29 is 9.69 Å². The molecule has 0 unspecified atom stereocenters. The molecule has 0 radical (unpaired) electrons. The van der Waals surface area contributed by atoms with Crippen LogP contribution in [0.3, 0.4) is 0 Å². The van der Waals surface area contributed by atoms with Crippen LogP contribution in [0.5, 0.6) is 0 Å². The standard InChI is InChI=1S/C14H20N2O/c1-11-5-6-13(12(2)9-11)15-14(17)10-16-7-3-4-8-16/h5-6,9H,3-4,7-8,10H2,1-2H3,(H,15,17)/p+1. The van der Waals surface area contributed by atoms with Gasteiger partial charge in [-0.05, 0) is 25.5 Å². The summed E-state index contributed by atoms with van der Waals surface area (Å²) in [6, 6.07) is 6.12. The first-order valence-corrected chi connectivity index (χ1v) is 6.36. The molecular weight excluding hydrogens is 212 g/mol. The Morgan fingerprint density at radius 1 is 1.29 bits per heavy atom. The van der Waals surface area contributed by atoms with Gasteiger partial charge in [0.2, 0.25) is 0 Å². The lowest BCUT2D eigenvalue weighted by atomic mass is 10.1. The molecular formula is C14H21N2O+. The number of anilines is 1. The Balaban J connectivity index is 1.93. The Labute approximate surface area is 103 Å². The Morgan fingerprint density at radius 3 is 2.65 bits per heavy atom. The van der Waals surface area contributed by atoms with E-state index in [2.05, 4.69) is 18.3 Å². The van der Waals surface area contributed by atoms with Crippen LogP contribution in [0.15, 0.2) is 18.2 Å². The molecule has 1 aliphatic rings. The Morgan fingerprint density at radius 2 is 2.00 bits per heavy atom. The molecule has 1 aromatic rings. The molecule has 0 saturated carbocycles. The first-order valence-electron chi connectivity index (χ1n) is 6.36. The first-order chi connectivity index (χ1) is 8.15. The second-order valence-corrected chi connectivity index (χ2v) is 5.00. The molecule has 1 fully saturated rings. The first kappa shape index (κ1) is 12.1. The summed E-state index contributed by atoms with van der Waals surface area (Å²) in [4.78, 5) is 13.3. The molecule has 17 heavy (non-hydrogen) atoms. The number of likely N-dealkylation sites (tertiary alicyclic amines) is 1. The highest BCUT2D eigenvalue weighted by molar-refractivity contribution is 5.92. The van der Waals surface area contributed by atoms with E-state index in [1.54, 1.807) is 0 Å². The lowest BCUT2D eigenvalue weighted by molar-refractivity contribution is -0.878. The van der Waals surface area contributed by atoms with Gasteiger partial charge in [0.25, 0.3) is 5.91 Å². The zero-order valence-electron chi connectivity index (χ0n) is 10.7. The maximum atomic E-state index is 11.9. The van der Waals surface area contributed by atoms with Crippen LogP contribution in [-0.4, -0.2) is 25.5 Å². The Hall–Kier alpha value is -1.35. The van der Waals surface area contributed by atoms with E-state index in [9.17, 15) is 4.79 Å². The number of carbonyl (C=O) groups excluding carboxylic acids is 1. The number of carbonyl (C=O) groups is 1. The summed E-state index contributed by atoms with van der Waals surface area (Å²) in [5.74, 6) is 0.133. The highest BCUT2D eigenvalue weighted by atomic mass is 16.2. The van der Waals surface area contributed by atoms with Gasteiger partial charge in [0.15, 0.2) is 6.54 Å². The normalized spacial score (nSPS) is 16.1. The van der Waals surface area contributed by atoms with E-state index in [0.29, 0.717) is 6.54 Å². The fraction of sp³-hybridized carbons (Fsp3) is 0.500. The van der Waals surface area contributed by atoms with Gasteiger partial charge in [-0.3, -0.25) is 4.79 Å². The van der Waals surface area contributed by atoms with Gasteiger partial charge in [0.05, 0.1) is 13.1 Å². The predicted octanol–water partition coefficient (Wildman–Crippen LogP) is 0.921. The number of aryl methyl sites for hydroxylation is 2. The van der Waals surface area contributed by atoms with Crippen LogP contribution in [0.4, 0.5) is 5.69 Å². The molecule has 2 N–H and O–H groups in total. The third-order valence-corrected chi connectivity index (χ3v) is 3.38. The van der Waals surface area contributed by atoms with Crippen molar-refractivity contribution in [1.29, 1.82) is 0 Å². The molecule has 92 valence electrons. The summed E-state index contributed by atoms with van der Waals surface area (Å²) in [5, 5.41) is 3.00. The number of hydrogen-bond donors (Lipinski definition) is 2. The van der Waals surface area contributed by atoms with Gasteiger partial charge in [0.1, 0.15) is 0 Å². The van der Waals surface area contributed by atoms with Gasteiger partial charge >= 0.3 is 0 Å². The highest BCUT2D eigenvalue weighted by Crippen LogP contribution is 2.15. The molecule has 1 saturated heterocycles. The summed E-state index contributed by atoms with van der Waals surface area (Å²) in [7, 11) is 0. The number of amides is 1. The molecule has 0 atom stereocenters. The van der Waals surface area contributed by atoms with Gasteiger partial charge in [-0.15, -0.1) is 0 Å². The minimum atomic E-state index is 0.133. The summed E-state index contributed by atoms with van der Waals surface area (Å²) in [5.41, 5.74) is 3.31. The average molecular weight is 233 g/mol. The summed E-state index contributed by atoms with van der Waals surface area (Å²) >= 11 is 0. The van der Waals surface area contributed by atoms with Gasteiger partial charge in [-0.2, -0.15) is 0 Å². The lowest BCUT2D eigenvalue weighted by Crippen LogP contribution is -3.11. The summed E-state index contributed by atoms with van der Waals surface area (Å²) in [6.07, 6.45) is 2.51. The number of benzene rings is 1. The average Bonchev–Trinajstić information content (AvgIpc) is 2.75. The maximum Gasteiger partial charge on any atom is 0.279 e. The Kier molecular flexibility index (Phi) is 3.79. The van der Waals surface area contributed by atoms with Crippen molar-refractivity contribution in [2.24, 2.45) is 0 Å². The second-order valence-electron chi connectivity index (χ2n) is 5.00. The molecule has 0 spiro atoms. The predicted molar refractivity (Wildman–Crippen MR) is 69.3 cm³/mol. The molecule has 2 rings (SSSR count). The number of hydrogen-bond acceptors (Lipinski definition) is 1. The lowest BCUT2D eigenvalue weighted by Gasteiger charge is -2.13. The quantitative estimate of drug-likeness (QED) is 0.800. The molecule has 3 nitrogen and oxygen atoms in total.